The lowest BCUT2D eigenvalue weighted by molar-refractivity contribution is -0.117. The highest BCUT2D eigenvalue weighted by molar-refractivity contribution is 5.97. The first kappa shape index (κ1) is 17.8. The maximum Gasteiger partial charge on any atom is 0.251 e. The summed E-state index contributed by atoms with van der Waals surface area (Å²) in [5.74, 6) is 0.663. The number of halogens is 1. The van der Waals surface area contributed by atoms with Crippen LogP contribution in [0.25, 0.3) is 0 Å². The SMILES string of the molecule is CC1CC1C(=O)Nc1ccc(C(=O)NCC2CCCN2)cc1.Cl. The molecule has 1 aliphatic heterocycles. The lowest BCUT2D eigenvalue weighted by Gasteiger charge is -2.12. The predicted molar refractivity (Wildman–Crippen MR) is 92.9 cm³/mol. The molecular weight excluding hydrogens is 314 g/mol. The van der Waals surface area contributed by atoms with Crippen LogP contribution in [0.5, 0.6) is 0 Å². The summed E-state index contributed by atoms with van der Waals surface area (Å²) in [6.45, 7) is 3.78. The van der Waals surface area contributed by atoms with Crippen LogP contribution in [0, 0.1) is 11.8 Å². The lowest BCUT2D eigenvalue weighted by Crippen LogP contribution is -2.37. The van der Waals surface area contributed by atoms with Gasteiger partial charge in [-0.25, -0.2) is 0 Å². The van der Waals surface area contributed by atoms with E-state index in [-0.39, 0.29) is 30.1 Å². The second kappa shape index (κ2) is 7.79. The molecule has 0 aromatic heterocycles. The molecular formula is C17H24ClN3O2. The molecule has 23 heavy (non-hydrogen) atoms. The number of nitrogens with one attached hydrogen (secondary N) is 3. The van der Waals surface area contributed by atoms with Crippen molar-refractivity contribution >= 4 is 29.9 Å². The van der Waals surface area contributed by atoms with Crippen molar-refractivity contribution in [3.8, 4) is 0 Å². The van der Waals surface area contributed by atoms with Gasteiger partial charge < -0.3 is 16.0 Å². The van der Waals surface area contributed by atoms with Crippen LogP contribution in [-0.2, 0) is 4.79 Å². The number of carbonyl (C=O) groups excluding carboxylic acids is 2. The van der Waals surface area contributed by atoms with Crippen molar-refractivity contribution in [2.45, 2.75) is 32.2 Å². The van der Waals surface area contributed by atoms with Crippen molar-refractivity contribution in [2.75, 3.05) is 18.4 Å². The van der Waals surface area contributed by atoms with E-state index in [1.54, 1.807) is 24.3 Å². The number of amides is 2. The molecule has 2 aliphatic rings. The zero-order valence-corrected chi connectivity index (χ0v) is 14.1. The van der Waals surface area contributed by atoms with Gasteiger partial charge in [0.15, 0.2) is 0 Å². The zero-order valence-electron chi connectivity index (χ0n) is 13.3. The van der Waals surface area contributed by atoms with Crippen LogP contribution in [0.3, 0.4) is 0 Å². The molecule has 2 amide bonds. The van der Waals surface area contributed by atoms with Crippen molar-refractivity contribution < 1.29 is 9.59 Å². The molecule has 6 heteroatoms. The summed E-state index contributed by atoms with van der Waals surface area (Å²) in [6, 6.07) is 7.47. The van der Waals surface area contributed by atoms with Crippen molar-refractivity contribution in [2.24, 2.45) is 11.8 Å². The zero-order chi connectivity index (χ0) is 15.5. The molecule has 1 aromatic carbocycles. The van der Waals surface area contributed by atoms with Gasteiger partial charge in [0.05, 0.1) is 0 Å². The molecule has 3 N–H and O–H groups in total. The van der Waals surface area contributed by atoms with E-state index in [0.29, 0.717) is 24.1 Å². The van der Waals surface area contributed by atoms with E-state index < -0.39 is 0 Å². The third kappa shape index (κ3) is 4.69. The normalized spacial score (nSPS) is 25.3. The molecule has 1 aliphatic carbocycles. The minimum atomic E-state index is -0.0672. The number of hydrogen-bond donors (Lipinski definition) is 3. The first-order valence-electron chi connectivity index (χ1n) is 8.06. The van der Waals surface area contributed by atoms with Crippen LogP contribution in [0.15, 0.2) is 24.3 Å². The number of hydrogen-bond acceptors (Lipinski definition) is 3. The average molecular weight is 338 g/mol. The molecule has 1 saturated carbocycles. The van der Waals surface area contributed by atoms with Gasteiger partial charge in [-0.15, -0.1) is 12.4 Å². The standard InChI is InChI=1S/C17H23N3O2.ClH/c1-11-9-15(11)17(22)20-13-6-4-12(5-7-13)16(21)19-10-14-3-2-8-18-14;/h4-7,11,14-15,18H,2-3,8-10H2,1H3,(H,19,21)(H,20,22);1H. The van der Waals surface area contributed by atoms with Crippen LogP contribution >= 0.6 is 12.4 Å². The highest BCUT2D eigenvalue weighted by atomic mass is 35.5. The van der Waals surface area contributed by atoms with Gasteiger partial charge in [-0.2, -0.15) is 0 Å². The van der Waals surface area contributed by atoms with Gasteiger partial charge in [-0.1, -0.05) is 6.92 Å². The number of carbonyl (C=O) groups is 2. The topological polar surface area (TPSA) is 70.2 Å². The number of anilines is 1. The first-order chi connectivity index (χ1) is 10.6. The molecule has 0 spiro atoms. The van der Waals surface area contributed by atoms with Crippen LogP contribution in [-0.4, -0.2) is 30.9 Å². The quantitative estimate of drug-likeness (QED) is 0.771. The van der Waals surface area contributed by atoms with Gasteiger partial charge in [0.25, 0.3) is 5.91 Å². The molecule has 0 bridgehead atoms. The van der Waals surface area contributed by atoms with Gasteiger partial charge in [-0.05, 0) is 56.0 Å². The Morgan fingerprint density at radius 1 is 1.26 bits per heavy atom. The Kier molecular flexibility index (Phi) is 6.02. The first-order valence-corrected chi connectivity index (χ1v) is 8.06. The van der Waals surface area contributed by atoms with Crippen molar-refractivity contribution in [3.05, 3.63) is 29.8 Å². The summed E-state index contributed by atoms with van der Waals surface area (Å²) in [6.07, 6.45) is 3.26. The van der Waals surface area contributed by atoms with Gasteiger partial charge in [0, 0.05) is 29.8 Å². The average Bonchev–Trinajstić information content (AvgIpc) is 3.03. The molecule has 126 valence electrons. The Labute approximate surface area is 143 Å². The molecule has 3 unspecified atom stereocenters. The maximum atomic E-state index is 12.1. The Morgan fingerprint density at radius 3 is 2.52 bits per heavy atom. The second-order valence-electron chi connectivity index (χ2n) is 6.39. The number of benzene rings is 1. The van der Waals surface area contributed by atoms with Crippen LogP contribution in [0.2, 0.25) is 0 Å². The minimum Gasteiger partial charge on any atom is -0.350 e. The molecule has 3 atom stereocenters. The summed E-state index contributed by atoms with van der Waals surface area (Å²) >= 11 is 0. The van der Waals surface area contributed by atoms with Gasteiger partial charge in [-0.3, -0.25) is 9.59 Å². The third-order valence-corrected chi connectivity index (χ3v) is 4.53. The predicted octanol–water partition coefficient (Wildman–Crippen LogP) is 2.18. The van der Waals surface area contributed by atoms with Crippen molar-refractivity contribution in [1.29, 1.82) is 0 Å². The fourth-order valence-electron chi connectivity index (χ4n) is 2.88. The van der Waals surface area contributed by atoms with Gasteiger partial charge in [0.2, 0.25) is 5.91 Å². The molecule has 2 fully saturated rings. The van der Waals surface area contributed by atoms with E-state index >= 15 is 0 Å². The van der Waals surface area contributed by atoms with Crippen molar-refractivity contribution in [3.63, 3.8) is 0 Å². The van der Waals surface area contributed by atoms with E-state index in [9.17, 15) is 9.59 Å². The molecule has 3 rings (SSSR count). The van der Waals surface area contributed by atoms with Gasteiger partial charge >= 0.3 is 0 Å². The second-order valence-corrected chi connectivity index (χ2v) is 6.39. The number of rotatable bonds is 5. The molecule has 1 saturated heterocycles. The monoisotopic (exact) mass is 337 g/mol. The highest BCUT2D eigenvalue weighted by Crippen LogP contribution is 2.38. The fraction of sp³-hybridized carbons (Fsp3) is 0.529. The summed E-state index contributed by atoms with van der Waals surface area (Å²) in [5, 5.41) is 9.19. The van der Waals surface area contributed by atoms with E-state index in [2.05, 4.69) is 22.9 Å². The van der Waals surface area contributed by atoms with E-state index in [1.807, 2.05) is 0 Å². The summed E-state index contributed by atoms with van der Waals surface area (Å²) in [5.41, 5.74) is 1.37. The molecule has 0 radical (unpaired) electrons. The van der Waals surface area contributed by atoms with Crippen molar-refractivity contribution in [1.82, 2.24) is 10.6 Å². The Hall–Kier alpha value is -1.59. The molecule has 5 nitrogen and oxygen atoms in total. The van der Waals surface area contributed by atoms with Crippen LogP contribution < -0.4 is 16.0 Å². The Bertz CT molecular complexity index is 555. The Balaban J connectivity index is 0.00000192. The van der Waals surface area contributed by atoms with Crippen LogP contribution in [0.1, 0.15) is 36.5 Å². The highest BCUT2D eigenvalue weighted by Gasteiger charge is 2.39. The van der Waals surface area contributed by atoms with E-state index in [4.69, 9.17) is 0 Å². The molecule has 1 heterocycles. The van der Waals surface area contributed by atoms with Gasteiger partial charge in [0.1, 0.15) is 0 Å². The Morgan fingerprint density at radius 2 is 1.96 bits per heavy atom. The summed E-state index contributed by atoms with van der Waals surface area (Å²) in [7, 11) is 0. The largest absolute Gasteiger partial charge is 0.350 e. The third-order valence-electron chi connectivity index (χ3n) is 4.53. The van der Waals surface area contributed by atoms with E-state index in [0.717, 1.165) is 25.1 Å². The lowest BCUT2D eigenvalue weighted by atomic mass is 10.1. The summed E-state index contributed by atoms with van der Waals surface area (Å²) in [4.78, 5) is 23.9. The molecule has 1 aromatic rings. The van der Waals surface area contributed by atoms with E-state index in [1.165, 1.54) is 6.42 Å². The summed E-state index contributed by atoms with van der Waals surface area (Å²) < 4.78 is 0. The maximum absolute atomic E-state index is 12.1. The fourth-order valence-corrected chi connectivity index (χ4v) is 2.88. The van der Waals surface area contributed by atoms with Crippen LogP contribution in [0.4, 0.5) is 5.69 Å². The minimum absolute atomic E-state index is 0. The smallest absolute Gasteiger partial charge is 0.251 e.